The summed E-state index contributed by atoms with van der Waals surface area (Å²) in [6.45, 7) is 3.65. The fraction of sp³-hybridized carbons (Fsp3) is 0.344. The molecule has 2 heterocycles. The quantitative estimate of drug-likeness (QED) is 0.108. The number of nitrogens with zero attached hydrogens (tertiary/aromatic N) is 1. The molecule has 12 heteroatoms. The average Bonchev–Trinajstić information content (AvgIpc) is 3.69. The van der Waals surface area contributed by atoms with Crippen LogP contribution in [0.3, 0.4) is 0 Å². The van der Waals surface area contributed by atoms with Gasteiger partial charge in [0.05, 0.1) is 12.4 Å². The zero-order valence-electron chi connectivity index (χ0n) is 24.7. The molecule has 0 saturated heterocycles. The van der Waals surface area contributed by atoms with Crippen LogP contribution < -0.4 is 21.7 Å². The predicted octanol–water partition coefficient (Wildman–Crippen LogP) is 1.83. The van der Waals surface area contributed by atoms with Crippen LogP contribution in [0.1, 0.15) is 37.1 Å². The molecule has 4 rings (SSSR count). The molecule has 0 spiro atoms. The van der Waals surface area contributed by atoms with Crippen LogP contribution in [0.4, 0.5) is 0 Å². The van der Waals surface area contributed by atoms with Gasteiger partial charge in [0.1, 0.15) is 18.1 Å². The molecule has 0 radical (unpaired) electrons. The second-order valence-corrected chi connectivity index (χ2v) is 11.0. The van der Waals surface area contributed by atoms with E-state index in [4.69, 9.17) is 5.73 Å². The lowest BCUT2D eigenvalue weighted by atomic mass is 9.96. The minimum absolute atomic E-state index is 0.0107. The number of imidazole rings is 1. The molecule has 2 aromatic carbocycles. The van der Waals surface area contributed by atoms with Crippen molar-refractivity contribution in [2.75, 3.05) is 0 Å². The van der Waals surface area contributed by atoms with Crippen LogP contribution in [0.25, 0.3) is 10.9 Å². The number of carbonyl (C=O) groups is 4. The van der Waals surface area contributed by atoms with Crippen molar-refractivity contribution in [3.05, 3.63) is 90.1 Å². The van der Waals surface area contributed by atoms with Crippen LogP contribution in [0.2, 0.25) is 0 Å². The summed E-state index contributed by atoms with van der Waals surface area (Å²) < 4.78 is 0. The fourth-order valence-electron chi connectivity index (χ4n) is 5.00. The van der Waals surface area contributed by atoms with Crippen molar-refractivity contribution in [3.63, 3.8) is 0 Å². The van der Waals surface area contributed by atoms with Gasteiger partial charge in [0, 0.05) is 41.8 Å². The Bertz CT molecular complexity index is 1550. The summed E-state index contributed by atoms with van der Waals surface area (Å²) in [5.41, 5.74) is 9.46. The molecule has 0 aliphatic carbocycles. The van der Waals surface area contributed by atoms with Crippen molar-refractivity contribution >= 4 is 34.6 Å². The highest BCUT2D eigenvalue weighted by Gasteiger charge is 2.33. The van der Waals surface area contributed by atoms with Gasteiger partial charge in [0.25, 0.3) is 0 Å². The zero-order valence-corrected chi connectivity index (χ0v) is 24.7. The number of para-hydroxylation sites is 1. The molecule has 0 aliphatic heterocycles. The van der Waals surface area contributed by atoms with Crippen LogP contribution >= 0.6 is 0 Å². The molecule has 3 amide bonds. The van der Waals surface area contributed by atoms with Gasteiger partial charge in [-0.2, -0.15) is 0 Å². The summed E-state index contributed by atoms with van der Waals surface area (Å²) in [5, 5.41) is 18.8. The number of nitrogens with two attached hydrogens (primary N) is 1. The maximum Gasteiger partial charge on any atom is 0.326 e. The topological polar surface area (TPSA) is 195 Å². The van der Waals surface area contributed by atoms with Gasteiger partial charge < -0.3 is 36.8 Å². The SMILES string of the molecule is CCC(C)C(NC(=O)C(Cc1ccccc1)NC(=O)C(N)Cc1c[nH]c2ccccc12)C(=O)NC(Cc1cnc[nH]1)C(=O)O. The number of carboxylic acids is 1. The molecule has 232 valence electrons. The Labute approximate surface area is 255 Å². The van der Waals surface area contributed by atoms with Gasteiger partial charge in [-0.25, -0.2) is 9.78 Å². The van der Waals surface area contributed by atoms with Crippen molar-refractivity contribution < 1.29 is 24.3 Å². The molecule has 2 aromatic heterocycles. The summed E-state index contributed by atoms with van der Waals surface area (Å²) in [4.78, 5) is 62.3. The van der Waals surface area contributed by atoms with Gasteiger partial charge in [-0.3, -0.25) is 14.4 Å². The molecular weight excluding hydrogens is 562 g/mol. The van der Waals surface area contributed by atoms with Crippen molar-refractivity contribution in [2.24, 2.45) is 11.7 Å². The number of fused-ring (bicyclic) bond motifs is 1. The number of nitrogens with one attached hydrogen (secondary N) is 5. The van der Waals surface area contributed by atoms with Crippen molar-refractivity contribution in [1.29, 1.82) is 0 Å². The molecule has 44 heavy (non-hydrogen) atoms. The number of aromatic amines is 2. The van der Waals surface area contributed by atoms with Crippen LogP contribution in [0, 0.1) is 5.92 Å². The summed E-state index contributed by atoms with van der Waals surface area (Å²) in [7, 11) is 0. The highest BCUT2D eigenvalue weighted by atomic mass is 16.4. The van der Waals surface area contributed by atoms with Gasteiger partial charge >= 0.3 is 5.97 Å². The maximum absolute atomic E-state index is 13.7. The Morgan fingerprint density at radius 3 is 2.25 bits per heavy atom. The largest absolute Gasteiger partial charge is 0.480 e. The first-order chi connectivity index (χ1) is 21.2. The lowest BCUT2D eigenvalue weighted by Crippen LogP contribution is -2.59. The van der Waals surface area contributed by atoms with Crippen molar-refractivity contribution in [1.82, 2.24) is 30.9 Å². The third kappa shape index (κ3) is 8.32. The van der Waals surface area contributed by atoms with E-state index in [0.717, 1.165) is 22.0 Å². The van der Waals surface area contributed by atoms with E-state index in [9.17, 15) is 24.3 Å². The minimum atomic E-state index is -1.24. The lowest BCUT2D eigenvalue weighted by Gasteiger charge is -2.28. The van der Waals surface area contributed by atoms with E-state index in [1.165, 1.54) is 12.5 Å². The van der Waals surface area contributed by atoms with E-state index in [1.54, 1.807) is 6.92 Å². The first-order valence-electron chi connectivity index (χ1n) is 14.6. The molecule has 5 atom stereocenters. The smallest absolute Gasteiger partial charge is 0.326 e. The Balaban J connectivity index is 1.49. The van der Waals surface area contributed by atoms with Crippen LogP contribution in [0.5, 0.6) is 0 Å². The molecule has 12 nitrogen and oxygen atoms in total. The number of rotatable bonds is 15. The second kappa shape index (κ2) is 15.0. The van der Waals surface area contributed by atoms with Crippen LogP contribution in [-0.4, -0.2) is 67.9 Å². The summed E-state index contributed by atoms with van der Waals surface area (Å²) in [6, 6.07) is 12.6. The normalized spacial score (nSPS) is 14.6. The Morgan fingerprint density at radius 2 is 1.57 bits per heavy atom. The molecular formula is C32H39N7O5. The van der Waals surface area contributed by atoms with E-state index in [-0.39, 0.29) is 25.2 Å². The predicted molar refractivity (Wildman–Crippen MR) is 165 cm³/mol. The zero-order chi connectivity index (χ0) is 31.6. The standard InChI is InChI=1S/C32H39N7O5/c1-3-19(2)28(31(42)38-27(32(43)44)15-22-17-34-18-36-22)39-30(41)26(13-20-9-5-4-6-10-20)37-29(40)24(33)14-21-16-35-25-12-8-7-11-23(21)25/h4-12,16-19,24,26-28,35H,3,13-15,33H2,1-2H3,(H,34,36)(H,37,40)(H,38,42)(H,39,41)(H,43,44). The monoisotopic (exact) mass is 601 g/mol. The fourth-order valence-corrected chi connectivity index (χ4v) is 5.00. The molecule has 5 unspecified atom stereocenters. The van der Waals surface area contributed by atoms with E-state index < -0.39 is 47.9 Å². The molecule has 0 bridgehead atoms. The number of amides is 3. The van der Waals surface area contributed by atoms with Crippen LogP contribution in [0.15, 0.2) is 73.3 Å². The number of carbonyl (C=O) groups excluding carboxylic acids is 3. The van der Waals surface area contributed by atoms with E-state index in [0.29, 0.717) is 12.1 Å². The van der Waals surface area contributed by atoms with Crippen LogP contribution in [-0.2, 0) is 38.4 Å². The van der Waals surface area contributed by atoms with Crippen molar-refractivity contribution in [3.8, 4) is 0 Å². The third-order valence-electron chi connectivity index (χ3n) is 7.75. The number of carboxylic acid groups (broad SMARTS) is 1. The first-order valence-corrected chi connectivity index (χ1v) is 14.6. The second-order valence-electron chi connectivity index (χ2n) is 11.0. The summed E-state index contributed by atoms with van der Waals surface area (Å²) in [6.07, 6.45) is 5.65. The molecule has 4 aromatic rings. The molecule has 0 fully saturated rings. The molecule has 8 N–H and O–H groups in total. The highest BCUT2D eigenvalue weighted by molar-refractivity contribution is 5.94. The molecule has 0 saturated carbocycles. The van der Waals surface area contributed by atoms with E-state index in [1.807, 2.05) is 67.7 Å². The highest BCUT2D eigenvalue weighted by Crippen LogP contribution is 2.19. The van der Waals surface area contributed by atoms with Gasteiger partial charge in [-0.1, -0.05) is 68.8 Å². The van der Waals surface area contributed by atoms with Gasteiger partial charge in [-0.05, 0) is 29.5 Å². The summed E-state index contributed by atoms with van der Waals surface area (Å²) >= 11 is 0. The van der Waals surface area contributed by atoms with E-state index in [2.05, 4.69) is 30.9 Å². The Kier molecular flexibility index (Phi) is 10.9. The number of H-pyrrole nitrogens is 2. The number of aliphatic carboxylic acids is 1. The number of hydrogen-bond acceptors (Lipinski definition) is 6. The van der Waals surface area contributed by atoms with E-state index >= 15 is 0 Å². The first kappa shape index (κ1) is 32.0. The molecule has 0 aliphatic rings. The maximum atomic E-state index is 13.7. The number of aromatic nitrogens is 3. The van der Waals surface area contributed by atoms with Crippen molar-refractivity contribution in [2.45, 2.75) is 63.7 Å². The number of benzene rings is 2. The average molecular weight is 602 g/mol. The van der Waals surface area contributed by atoms with Gasteiger partial charge in [-0.15, -0.1) is 0 Å². The Morgan fingerprint density at radius 1 is 0.864 bits per heavy atom. The van der Waals surface area contributed by atoms with Gasteiger partial charge in [0.15, 0.2) is 0 Å². The third-order valence-corrected chi connectivity index (χ3v) is 7.75. The number of hydrogen-bond donors (Lipinski definition) is 7. The lowest BCUT2D eigenvalue weighted by molar-refractivity contribution is -0.142. The Hall–Kier alpha value is -4.97. The minimum Gasteiger partial charge on any atom is -0.480 e. The van der Waals surface area contributed by atoms with Gasteiger partial charge in [0.2, 0.25) is 17.7 Å². The summed E-state index contributed by atoms with van der Waals surface area (Å²) in [5.74, 6) is -3.29.